The zero-order valence-corrected chi connectivity index (χ0v) is 10.8. The lowest BCUT2D eigenvalue weighted by molar-refractivity contribution is 0.183. The monoisotopic (exact) mass is 240 g/mol. The van der Waals surface area contributed by atoms with Crippen LogP contribution in [0.15, 0.2) is 12.4 Å². The highest BCUT2D eigenvalue weighted by atomic mass is 16.5. The highest BCUT2D eigenvalue weighted by molar-refractivity contribution is 5.89. The van der Waals surface area contributed by atoms with Gasteiger partial charge in [-0.3, -0.25) is 4.68 Å². The summed E-state index contributed by atoms with van der Waals surface area (Å²) in [5, 5.41) is 9.63. The van der Waals surface area contributed by atoms with Crippen LogP contribution in [-0.4, -0.2) is 35.1 Å². The number of rotatable bonds is 4. The Balaban J connectivity index is 2.46. The van der Waals surface area contributed by atoms with Crippen LogP contribution in [0.3, 0.4) is 0 Å². The molecule has 17 heavy (non-hydrogen) atoms. The number of hydrogen-bond donors (Lipinski definition) is 2. The Bertz CT molecular complexity index is 368. The van der Waals surface area contributed by atoms with Crippen molar-refractivity contribution < 1.29 is 9.53 Å². The van der Waals surface area contributed by atoms with Crippen LogP contribution in [-0.2, 0) is 11.3 Å². The van der Waals surface area contributed by atoms with Crippen LogP contribution in [0, 0.1) is 0 Å². The minimum atomic E-state index is -0.254. The molecule has 0 atom stereocenters. The van der Waals surface area contributed by atoms with E-state index in [1.54, 1.807) is 24.2 Å². The minimum absolute atomic E-state index is 0.233. The van der Waals surface area contributed by atoms with E-state index in [-0.39, 0.29) is 11.6 Å². The molecule has 0 aliphatic rings. The van der Waals surface area contributed by atoms with E-state index in [2.05, 4.69) is 15.7 Å². The Kier molecular flexibility index (Phi) is 4.51. The van der Waals surface area contributed by atoms with Crippen LogP contribution >= 0.6 is 0 Å². The molecule has 2 N–H and O–H groups in total. The fraction of sp³-hybridized carbons (Fsp3) is 0.636. The summed E-state index contributed by atoms with van der Waals surface area (Å²) in [5.41, 5.74) is 0.415. The second kappa shape index (κ2) is 5.67. The van der Waals surface area contributed by atoms with E-state index in [9.17, 15) is 4.79 Å². The molecular weight excluding hydrogens is 220 g/mol. The average molecular weight is 240 g/mol. The second-order valence-electron chi connectivity index (χ2n) is 4.81. The molecule has 1 heterocycles. The van der Waals surface area contributed by atoms with Crippen molar-refractivity contribution in [1.29, 1.82) is 0 Å². The van der Waals surface area contributed by atoms with Gasteiger partial charge in [0.05, 0.1) is 25.0 Å². The quantitative estimate of drug-likeness (QED) is 0.837. The number of methoxy groups -OCH3 is 1. The van der Waals surface area contributed by atoms with Crippen molar-refractivity contribution in [3.05, 3.63) is 12.4 Å². The van der Waals surface area contributed by atoms with Gasteiger partial charge < -0.3 is 15.4 Å². The molecule has 0 radical (unpaired) electrons. The number of carbonyl (C=O) groups excluding carboxylic acids is 1. The molecule has 6 heteroatoms. The van der Waals surface area contributed by atoms with Crippen molar-refractivity contribution in [2.24, 2.45) is 0 Å². The van der Waals surface area contributed by atoms with Crippen molar-refractivity contribution in [3.8, 4) is 0 Å². The Hall–Kier alpha value is -1.56. The molecule has 2 amide bonds. The zero-order valence-electron chi connectivity index (χ0n) is 10.8. The molecule has 6 nitrogen and oxygen atoms in total. The Labute approximate surface area is 101 Å². The lowest BCUT2D eigenvalue weighted by Gasteiger charge is -2.20. The SMILES string of the molecule is COCCn1cc(NC(=O)NC(C)(C)C)cn1. The first-order valence-electron chi connectivity index (χ1n) is 5.51. The number of anilines is 1. The van der Waals surface area contributed by atoms with Crippen LogP contribution in [0.25, 0.3) is 0 Å². The summed E-state index contributed by atoms with van der Waals surface area (Å²) in [6, 6.07) is -0.233. The van der Waals surface area contributed by atoms with Crippen LogP contribution in [0.4, 0.5) is 10.5 Å². The largest absolute Gasteiger partial charge is 0.383 e. The highest BCUT2D eigenvalue weighted by Crippen LogP contribution is 2.06. The summed E-state index contributed by atoms with van der Waals surface area (Å²) < 4.78 is 6.66. The van der Waals surface area contributed by atoms with Crippen molar-refractivity contribution >= 4 is 11.7 Å². The van der Waals surface area contributed by atoms with Crippen molar-refractivity contribution in [3.63, 3.8) is 0 Å². The summed E-state index contributed by atoms with van der Waals surface area (Å²) in [6.07, 6.45) is 3.37. The van der Waals surface area contributed by atoms with E-state index in [0.29, 0.717) is 18.8 Å². The summed E-state index contributed by atoms with van der Waals surface area (Å²) >= 11 is 0. The van der Waals surface area contributed by atoms with Gasteiger partial charge in [-0.25, -0.2) is 4.79 Å². The first-order valence-corrected chi connectivity index (χ1v) is 5.51. The predicted molar refractivity (Wildman–Crippen MR) is 66.0 cm³/mol. The molecule has 96 valence electrons. The molecule has 1 rings (SSSR count). The van der Waals surface area contributed by atoms with Crippen LogP contribution in [0.5, 0.6) is 0 Å². The normalized spacial score (nSPS) is 11.3. The molecule has 0 spiro atoms. The fourth-order valence-electron chi connectivity index (χ4n) is 1.24. The van der Waals surface area contributed by atoms with Gasteiger partial charge in [0.25, 0.3) is 0 Å². The number of carbonyl (C=O) groups is 1. The first-order chi connectivity index (χ1) is 7.90. The smallest absolute Gasteiger partial charge is 0.319 e. The molecule has 0 aliphatic carbocycles. The number of nitrogens with one attached hydrogen (secondary N) is 2. The molecule has 0 fully saturated rings. The third-order valence-electron chi connectivity index (χ3n) is 1.90. The number of ether oxygens (including phenoxy) is 1. The van der Waals surface area contributed by atoms with E-state index in [1.165, 1.54) is 0 Å². The number of hydrogen-bond acceptors (Lipinski definition) is 3. The Morgan fingerprint density at radius 2 is 2.24 bits per heavy atom. The summed E-state index contributed by atoms with van der Waals surface area (Å²) in [6.45, 7) is 7.03. The van der Waals surface area contributed by atoms with Crippen LogP contribution in [0.1, 0.15) is 20.8 Å². The van der Waals surface area contributed by atoms with Gasteiger partial charge in [0.15, 0.2) is 0 Å². The van der Waals surface area contributed by atoms with Gasteiger partial charge in [-0.05, 0) is 20.8 Å². The van der Waals surface area contributed by atoms with E-state index in [1.807, 2.05) is 20.8 Å². The van der Waals surface area contributed by atoms with Gasteiger partial charge >= 0.3 is 6.03 Å². The molecular formula is C11H20N4O2. The maximum absolute atomic E-state index is 11.6. The Morgan fingerprint density at radius 3 is 2.82 bits per heavy atom. The van der Waals surface area contributed by atoms with Crippen molar-refractivity contribution in [2.45, 2.75) is 32.9 Å². The van der Waals surface area contributed by atoms with Crippen molar-refractivity contribution in [1.82, 2.24) is 15.1 Å². The van der Waals surface area contributed by atoms with E-state index in [4.69, 9.17) is 4.74 Å². The maximum Gasteiger partial charge on any atom is 0.319 e. The van der Waals surface area contributed by atoms with Gasteiger partial charge in [0.2, 0.25) is 0 Å². The van der Waals surface area contributed by atoms with E-state index >= 15 is 0 Å². The Morgan fingerprint density at radius 1 is 1.53 bits per heavy atom. The van der Waals surface area contributed by atoms with Crippen LogP contribution in [0.2, 0.25) is 0 Å². The van der Waals surface area contributed by atoms with Gasteiger partial charge in [-0.15, -0.1) is 0 Å². The lowest BCUT2D eigenvalue weighted by atomic mass is 10.1. The topological polar surface area (TPSA) is 68.2 Å². The fourth-order valence-corrected chi connectivity index (χ4v) is 1.24. The van der Waals surface area contributed by atoms with Gasteiger partial charge in [-0.2, -0.15) is 5.10 Å². The minimum Gasteiger partial charge on any atom is -0.383 e. The number of aromatic nitrogens is 2. The summed E-state index contributed by atoms with van der Waals surface area (Å²) in [7, 11) is 1.64. The molecule has 1 aromatic heterocycles. The van der Waals surface area contributed by atoms with E-state index in [0.717, 1.165) is 0 Å². The standard InChI is InChI=1S/C11H20N4O2/c1-11(2,3)14-10(16)13-9-7-12-15(8-9)5-6-17-4/h7-8H,5-6H2,1-4H3,(H2,13,14,16). The molecule has 0 saturated heterocycles. The molecule has 1 aromatic rings. The summed E-state index contributed by atoms with van der Waals surface area (Å²) in [4.78, 5) is 11.6. The third kappa shape index (κ3) is 5.35. The third-order valence-corrected chi connectivity index (χ3v) is 1.90. The van der Waals surface area contributed by atoms with Crippen LogP contribution < -0.4 is 10.6 Å². The molecule has 0 unspecified atom stereocenters. The predicted octanol–water partition coefficient (Wildman–Crippen LogP) is 1.45. The lowest BCUT2D eigenvalue weighted by Crippen LogP contribution is -2.43. The van der Waals surface area contributed by atoms with E-state index < -0.39 is 0 Å². The van der Waals surface area contributed by atoms with Gasteiger partial charge in [0, 0.05) is 18.8 Å². The molecule has 0 aliphatic heterocycles. The summed E-state index contributed by atoms with van der Waals surface area (Å²) in [5.74, 6) is 0. The molecule has 0 saturated carbocycles. The highest BCUT2D eigenvalue weighted by Gasteiger charge is 2.13. The maximum atomic E-state index is 11.6. The number of nitrogens with zero attached hydrogens (tertiary/aromatic N) is 2. The van der Waals surface area contributed by atoms with Crippen molar-refractivity contribution in [2.75, 3.05) is 19.0 Å². The number of amides is 2. The first kappa shape index (κ1) is 13.5. The zero-order chi connectivity index (χ0) is 12.9. The molecule has 0 aromatic carbocycles. The van der Waals surface area contributed by atoms with Gasteiger partial charge in [0.1, 0.15) is 0 Å². The average Bonchev–Trinajstić information content (AvgIpc) is 2.59. The molecule has 0 bridgehead atoms. The number of urea groups is 1. The second-order valence-corrected chi connectivity index (χ2v) is 4.81. The van der Waals surface area contributed by atoms with Gasteiger partial charge in [-0.1, -0.05) is 0 Å².